The summed E-state index contributed by atoms with van der Waals surface area (Å²) in [5.74, 6) is -0.107. The van der Waals surface area contributed by atoms with E-state index in [1.165, 1.54) is 24.0 Å². The SMILES string of the molecule is COC(=O)C1=C(C)N=c2s/c(=C\c3ccccn3)c(=O)n2[C@@H]1c1ccc(C(C)C)cc1. The third-order valence-corrected chi connectivity index (χ3v) is 6.30. The molecule has 7 heteroatoms. The molecule has 0 aliphatic carbocycles. The van der Waals surface area contributed by atoms with E-state index in [4.69, 9.17) is 4.74 Å². The lowest BCUT2D eigenvalue weighted by molar-refractivity contribution is -0.136. The van der Waals surface area contributed by atoms with Crippen LogP contribution in [0.4, 0.5) is 0 Å². The Hall–Kier alpha value is -3.32. The highest BCUT2D eigenvalue weighted by atomic mass is 32.1. The lowest BCUT2D eigenvalue weighted by Gasteiger charge is -2.24. The minimum Gasteiger partial charge on any atom is -0.466 e. The summed E-state index contributed by atoms with van der Waals surface area (Å²) in [5, 5.41) is 0. The number of methoxy groups -OCH3 is 1. The number of nitrogens with zero attached hydrogens (tertiary/aromatic N) is 3. The van der Waals surface area contributed by atoms with Gasteiger partial charge in [-0.25, -0.2) is 9.79 Å². The summed E-state index contributed by atoms with van der Waals surface area (Å²) in [4.78, 5) is 35.5. The summed E-state index contributed by atoms with van der Waals surface area (Å²) in [6.45, 7) is 6.02. The van der Waals surface area contributed by atoms with Gasteiger partial charge < -0.3 is 4.74 Å². The van der Waals surface area contributed by atoms with Crippen molar-refractivity contribution in [1.82, 2.24) is 9.55 Å². The number of thiazole rings is 1. The van der Waals surface area contributed by atoms with Crippen LogP contribution in [0.1, 0.15) is 49.6 Å². The van der Waals surface area contributed by atoms with E-state index in [9.17, 15) is 9.59 Å². The summed E-state index contributed by atoms with van der Waals surface area (Å²) in [6, 6.07) is 12.9. The van der Waals surface area contributed by atoms with E-state index in [0.29, 0.717) is 32.2 Å². The highest BCUT2D eigenvalue weighted by Crippen LogP contribution is 2.31. The molecule has 0 unspecified atom stereocenters. The van der Waals surface area contributed by atoms with Gasteiger partial charge in [0.05, 0.1) is 34.6 Å². The lowest BCUT2D eigenvalue weighted by Crippen LogP contribution is -2.39. The summed E-state index contributed by atoms with van der Waals surface area (Å²) < 4.78 is 7.14. The van der Waals surface area contributed by atoms with Gasteiger partial charge in [0.15, 0.2) is 4.80 Å². The summed E-state index contributed by atoms with van der Waals surface area (Å²) in [5.41, 5.74) is 3.43. The highest BCUT2D eigenvalue weighted by molar-refractivity contribution is 7.07. The van der Waals surface area contributed by atoms with E-state index in [1.807, 2.05) is 42.5 Å². The van der Waals surface area contributed by atoms with Gasteiger partial charge in [-0.2, -0.15) is 0 Å². The molecule has 0 saturated heterocycles. The fraction of sp³-hybridized carbons (Fsp3) is 0.250. The van der Waals surface area contributed by atoms with Crippen molar-refractivity contribution in [1.29, 1.82) is 0 Å². The molecule has 1 atom stereocenters. The highest BCUT2D eigenvalue weighted by Gasteiger charge is 2.33. The topological polar surface area (TPSA) is 73.6 Å². The molecule has 2 aromatic heterocycles. The van der Waals surface area contributed by atoms with Gasteiger partial charge in [-0.1, -0.05) is 55.5 Å². The number of allylic oxidation sites excluding steroid dienone is 1. The predicted molar refractivity (Wildman–Crippen MR) is 121 cm³/mol. The normalized spacial score (nSPS) is 16.3. The number of pyridine rings is 1. The zero-order valence-corrected chi connectivity index (χ0v) is 18.6. The van der Waals surface area contributed by atoms with E-state index in [1.54, 1.807) is 23.8 Å². The first-order valence-corrected chi connectivity index (χ1v) is 10.8. The molecule has 0 fully saturated rings. The fourth-order valence-corrected chi connectivity index (χ4v) is 4.70. The number of carbonyl (C=O) groups excluding carboxylic acids is 1. The molecule has 0 saturated carbocycles. The van der Waals surface area contributed by atoms with Crippen LogP contribution in [0.2, 0.25) is 0 Å². The minimum absolute atomic E-state index is 0.207. The Kier molecular flexibility index (Phi) is 5.69. The smallest absolute Gasteiger partial charge is 0.338 e. The number of hydrogen-bond donors (Lipinski definition) is 0. The lowest BCUT2D eigenvalue weighted by atomic mass is 9.93. The average Bonchev–Trinajstić information content (AvgIpc) is 3.07. The Bertz CT molecular complexity index is 1330. The Labute approximate surface area is 183 Å². The molecule has 3 aromatic rings. The van der Waals surface area contributed by atoms with E-state index in [0.717, 1.165) is 5.56 Å². The molecule has 0 bridgehead atoms. The van der Waals surface area contributed by atoms with Crippen molar-refractivity contribution >= 4 is 23.4 Å². The second-order valence-corrected chi connectivity index (χ2v) is 8.66. The van der Waals surface area contributed by atoms with Gasteiger partial charge >= 0.3 is 5.97 Å². The van der Waals surface area contributed by atoms with Crippen LogP contribution in [0.5, 0.6) is 0 Å². The number of hydrogen-bond acceptors (Lipinski definition) is 6. The van der Waals surface area contributed by atoms with Crippen molar-refractivity contribution in [2.75, 3.05) is 7.11 Å². The fourth-order valence-electron chi connectivity index (χ4n) is 3.67. The van der Waals surface area contributed by atoms with Crippen LogP contribution in [0.3, 0.4) is 0 Å². The standard InChI is InChI=1S/C24H23N3O3S/c1-14(2)16-8-10-17(11-9-16)21-20(23(29)30-4)15(3)26-24-27(21)22(28)19(31-24)13-18-7-5-6-12-25-18/h5-14,21H,1-4H3/b19-13-/t21-/m1/s1. The number of benzene rings is 1. The van der Waals surface area contributed by atoms with E-state index in [2.05, 4.69) is 23.8 Å². The number of ether oxygens (including phenoxy) is 1. The molecule has 158 valence electrons. The van der Waals surface area contributed by atoms with Crippen LogP contribution in [-0.4, -0.2) is 22.6 Å². The molecule has 0 radical (unpaired) electrons. The zero-order valence-electron chi connectivity index (χ0n) is 17.8. The summed E-state index contributed by atoms with van der Waals surface area (Å²) in [6.07, 6.45) is 3.43. The molecule has 1 aromatic carbocycles. The summed E-state index contributed by atoms with van der Waals surface area (Å²) >= 11 is 1.29. The van der Waals surface area contributed by atoms with Crippen LogP contribution >= 0.6 is 11.3 Å². The van der Waals surface area contributed by atoms with Crippen LogP contribution in [0, 0.1) is 0 Å². The molecule has 6 nitrogen and oxygen atoms in total. The second kappa shape index (κ2) is 8.43. The van der Waals surface area contributed by atoms with Crippen LogP contribution < -0.4 is 14.9 Å². The first-order chi connectivity index (χ1) is 14.9. The number of rotatable bonds is 4. The molecule has 31 heavy (non-hydrogen) atoms. The summed E-state index contributed by atoms with van der Waals surface area (Å²) in [7, 11) is 1.34. The molecule has 0 spiro atoms. The number of esters is 1. The Morgan fingerprint density at radius 3 is 2.55 bits per heavy atom. The van der Waals surface area contributed by atoms with Crippen molar-refractivity contribution in [2.45, 2.75) is 32.7 Å². The maximum atomic E-state index is 13.4. The van der Waals surface area contributed by atoms with Gasteiger partial charge in [-0.3, -0.25) is 14.3 Å². The zero-order chi connectivity index (χ0) is 22.1. The Morgan fingerprint density at radius 2 is 1.94 bits per heavy atom. The van der Waals surface area contributed by atoms with Crippen molar-refractivity contribution in [3.05, 3.63) is 96.4 Å². The molecule has 0 amide bonds. The van der Waals surface area contributed by atoms with Crippen molar-refractivity contribution in [2.24, 2.45) is 4.99 Å². The van der Waals surface area contributed by atoms with Crippen LogP contribution in [0.25, 0.3) is 6.08 Å². The number of carbonyl (C=O) groups is 1. The largest absolute Gasteiger partial charge is 0.466 e. The van der Waals surface area contributed by atoms with Crippen molar-refractivity contribution in [3.8, 4) is 0 Å². The maximum Gasteiger partial charge on any atom is 0.338 e. The van der Waals surface area contributed by atoms with Gasteiger partial charge in [0.25, 0.3) is 5.56 Å². The van der Waals surface area contributed by atoms with E-state index >= 15 is 0 Å². The Morgan fingerprint density at radius 1 is 1.19 bits per heavy atom. The van der Waals surface area contributed by atoms with Crippen LogP contribution in [-0.2, 0) is 9.53 Å². The maximum absolute atomic E-state index is 13.4. The first-order valence-electron chi connectivity index (χ1n) is 10.0. The molecule has 1 aliphatic heterocycles. The van der Waals surface area contributed by atoms with E-state index in [-0.39, 0.29) is 5.56 Å². The minimum atomic E-state index is -0.601. The monoisotopic (exact) mass is 433 g/mol. The second-order valence-electron chi connectivity index (χ2n) is 7.65. The molecular formula is C24H23N3O3S. The Balaban J connectivity index is 1.95. The van der Waals surface area contributed by atoms with Gasteiger partial charge in [0, 0.05) is 6.20 Å². The molecule has 0 N–H and O–H groups in total. The molecule has 4 rings (SSSR count). The number of aromatic nitrogens is 2. The van der Waals surface area contributed by atoms with Crippen LogP contribution in [0.15, 0.2) is 69.7 Å². The quantitative estimate of drug-likeness (QED) is 0.593. The predicted octanol–water partition coefficient (Wildman–Crippen LogP) is 2.93. The third kappa shape index (κ3) is 3.88. The molecule has 3 heterocycles. The van der Waals surface area contributed by atoms with Crippen molar-refractivity contribution in [3.63, 3.8) is 0 Å². The number of fused-ring (bicyclic) bond motifs is 1. The van der Waals surface area contributed by atoms with E-state index < -0.39 is 12.0 Å². The molecule has 1 aliphatic rings. The average molecular weight is 434 g/mol. The van der Waals surface area contributed by atoms with Gasteiger partial charge in [-0.05, 0) is 42.2 Å². The van der Waals surface area contributed by atoms with Gasteiger partial charge in [0.1, 0.15) is 0 Å². The molecular weight excluding hydrogens is 410 g/mol. The van der Waals surface area contributed by atoms with Gasteiger partial charge in [-0.15, -0.1) is 0 Å². The van der Waals surface area contributed by atoms with Crippen molar-refractivity contribution < 1.29 is 9.53 Å². The van der Waals surface area contributed by atoms with Gasteiger partial charge in [0.2, 0.25) is 0 Å². The third-order valence-electron chi connectivity index (χ3n) is 5.31. The first kappa shape index (κ1) is 20.9.